The molecule has 6 heteroatoms. The lowest BCUT2D eigenvalue weighted by atomic mass is 9.82. The third-order valence-corrected chi connectivity index (χ3v) is 4.89. The zero-order valence-corrected chi connectivity index (χ0v) is 14.1. The van der Waals surface area contributed by atoms with Crippen molar-refractivity contribution in [2.45, 2.75) is 43.9 Å². The van der Waals surface area contributed by atoms with Gasteiger partial charge in [-0.15, -0.1) is 0 Å². The summed E-state index contributed by atoms with van der Waals surface area (Å²) in [6.07, 6.45) is 1.01. The van der Waals surface area contributed by atoms with Gasteiger partial charge in [-0.05, 0) is 38.0 Å². The average molecular weight is 338 g/mol. The van der Waals surface area contributed by atoms with E-state index in [2.05, 4.69) is 5.32 Å². The van der Waals surface area contributed by atoms with Crippen molar-refractivity contribution in [2.75, 3.05) is 7.11 Å². The number of rotatable bonds is 2. The maximum atomic E-state index is 12.3. The van der Waals surface area contributed by atoms with Crippen LogP contribution in [0, 0.1) is 5.92 Å². The summed E-state index contributed by atoms with van der Waals surface area (Å²) in [5, 5.41) is 3.57. The van der Waals surface area contributed by atoms with E-state index in [1.54, 1.807) is 0 Å². The highest BCUT2D eigenvalue weighted by Gasteiger charge is 2.60. The maximum absolute atomic E-state index is 12.3. The lowest BCUT2D eigenvalue weighted by Gasteiger charge is -2.31. The van der Waals surface area contributed by atoms with E-state index in [1.807, 2.05) is 38.1 Å². The number of ether oxygens (including phenoxy) is 2. The Hall–Kier alpha value is -1.59. The highest BCUT2D eigenvalue weighted by atomic mass is 35.5. The van der Waals surface area contributed by atoms with Crippen molar-refractivity contribution in [1.29, 1.82) is 0 Å². The summed E-state index contributed by atoms with van der Waals surface area (Å²) in [6.45, 7) is 3.98. The highest BCUT2D eigenvalue weighted by molar-refractivity contribution is 6.30. The number of amides is 1. The summed E-state index contributed by atoms with van der Waals surface area (Å²) in [7, 11) is 1.29. The fraction of sp³-hybridized carbons (Fsp3) is 0.529. The number of hydrogen-bond donors (Lipinski definition) is 1. The van der Waals surface area contributed by atoms with E-state index in [9.17, 15) is 9.59 Å². The fourth-order valence-corrected chi connectivity index (χ4v) is 3.84. The average Bonchev–Trinajstić information content (AvgIpc) is 2.95. The smallest absolute Gasteiger partial charge is 0.318 e. The van der Waals surface area contributed by atoms with Crippen LogP contribution in [-0.4, -0.2) is 30.3 Å². The van der Waals surface area contributed by atoms with Crippen molar-refractivity contribution < 1.29 is 19.1 Å². The van der Waals surface area contributed by atoms with Gasteiger partial charge in [-0.25, -0.2) is 0 Å². The van der Waals surface area contributed by atoms with E-state index >= 15 is 0 Å². The zero-order chi connectivity index (χ0) is 16.8. The Labute approximate surface area is 140 Å². The van der Waals surface area contributed by atoms with Crippen molar-refractivity contribution >= 4 is 23.5 Å². The molecule has 0 saturated carbocycles. The molecule has 1 amide bonds. The molecule has 2 saturated heterocycles. The first-order chi connectivity index (χ1) is 10.8. The summed E-state index contributed by atoms with van der Waals surface area (Å²) < 4.78 is 11.0. The van der Waals surface area contributed by atoms with E-state index in [0.29, 0.717) is 5.02 Å². The minimum Gasteiger partial charge on any atom is -0.468 e. The first kappa shape index (κ1) is 16.3. The minimum absolute atomic E-state index is 0.0478. The summed E-state index contributed by atoms with van der Waals surface area (Å²) in [6, 6.07) is 7.53. The molecule has 1 aromatic carbocycles. The number of esters is 1. The Kier molecular flexibility index (Phi) is 3.89. The van der Waals surface area contributed by atoms with Crippen LogP contribution in [0.5, 0.6) is 0 Å². The van der Waals surface area contributed by atoms with Gasteiger partial charge in [0, 0.05) is 17.4 Å². The van der Waals surface area contributed by atoms with E-state index in [1.165, 1.54) is 7.11 Å². The molecule has 23 heavy (non-hydrogen) atoms. The molecule has 1 N–H and O–H groups in total. The van der Waals surface area contributed by atoms with E-state index in [4.69, 9.17) is 21.1 Å². The van der Waals surface area contributed by atoms with Crippen molar-refractivity contribution in [3.63, 3.8) is 0 Å². The topological polar surface area (TPSA) is 64.6 Å². The first-order valence-electron chi connectivity index (χ1n) is 7.62. The quantitative estimate of drug-likeness (QED) is 0.665. The molecular weight excluding hydrogens is 318 g/mol. The standard InChI is InChI=1S/C17H20ClNO4/c1-16(2)9-13(10-4-6-11(18)7-5-10)17(23-16)8-12(14(20)19-17)15(21)22-3/h4-7,12-13H,8-9H2,1-3H3,(H,19,20)/t12-,13-,17-/m0/s1. The van der Waals surface area contributed by atoms with Gasteiger partial charge in [-0.2, -0.15) is 0 Å². The number of carbonyl (C=O) groups is 2. The Morgan fingerprint density at radius 2 is 1.96 bits per heavy atom. The van der Waals surface area contributed by atoms with Crippen molar-refractivity contribution in [1.82, 2.24) is 5.32 Å². The van der Waals surface area contributed by atoms with Crippen LogP contribution < -0.4 is 5.32 Å². The zero-order valence-electron chi connectivity index (χ0n) is 13.4. The number of methoxy groups -OCH3 is 1. The Bertz CT molecular complexity index is 642. The molecule has 2 aliphatic heterocycles. The molecule has 0 unspecified atom stereocenters. The van der Waals surface area contributed by atoms with Crippen molar-refractivity contribution in [3.05, 3.63) is 34.9 Å². The van der Waals surface area contributed by atoms with Crippen LogP contribution in [0.15, 0.2) is 24.3 Å². The van der Waals surface area contributed by atoms with Crippen LogP contribution in [0.3, 0.4) is 0 Å². The second-order valence-corrected chi connectivity index (χ2v) is 7.27. The number of hydrogen-bond acceptors (Lipinski definition) is 4. The molecule has 0 bridgehead atoms. The SMILES string of the molecule is COC(=O)[C@H]1C[C@]2(NC1=O)OC(C)(C)C[C@H]2c1ccc(Cl)cc1. The van der Waals surface area contributed by atoms with Gasteiger partial charge in [0.1, 0.15) is 11.6 Å². The lowest BCUT2D eigenvalue weighted by molar-refractivity contribution is -0.149. The molecule has 3 rings (SSSR count). The van der Waals surface area contributed by atoms with Crippen molar-refractivity contribution in [2.24, 2.45) is 5.92 Å². The molecule has 2 aliphatic rings. The van der Waals surface area contributed by atoms with Crippen LogP contribution in [0.1, 0.15) is 38.2 Å². The summed E-state index contributed by atoms with van der Waals surface area (Å²) >= 11 is 5.97. The van der Waals surface area contributed by atoms with Gasteiger partial charge >= 0.3 is 5.97 Å². The Morgan fingerprint density at radius 1 is 1.30 bits per heavy atom. The van der Waals surface area contributed by atoms with Gasteiger partial charge in [0.25, 0.3) is 0 Å². The first-order valence-corrected chi connectivity index (χ1v) is 8.00. The molecule has 0 aliphatic carbocycles. The second-order valence-electron chi connectivity index (χ2n) is 6.83. The van der Waals surface area contributed by atoms with Crippen molar-refractivity contribution in [3.8, 4) is 0 Å². The molecule has 2 heterocycles. The Morgan fingerprint density at radius 3 is 2.57 bits per heavy atom. The summed E-state index contributed by atoms with van der Waals surface area (Å²) in [5.74, 6) is -1.74. The van der Waals surface area contributed by atoms with Gasteiger partial charge in [0.2, 0.25) is 5.91 Å². The number of halogens is 1. The van der Waals surface area contributed by atoms with Crippen LogP contribution in [-0.2, 0) is 19.1 Å². The Balaban J connectivity index is 1.97. The van der Waals surface area contributed by atoms with Gasteiger partial charge in [0.05, 0.1) is 12.7 Å². The fourth-order valence-electron chi connectivity index (χ4n) is 3.72. The predicted octanol–water partition coefficient (Wildman–Crippen LogP) is 2.63. The van der Waals surface area contributed by atoms with Gasteiger partial charge in [-0.1, -0.05) is 23.7 Å². The normalized spacial score (nSPS) is 32.1. The molecule has 0 aromatic heterocycles. The third-order valence-electron chi connectivity index (χ3n) is 4.63. The second kappa shape index (κ2) is 5.49. The van der Waals surface area contributed by atoms with Crippen LogP contribution in [0.2, 0.25) is 5.02 Å². The molecule has 0 radical (unpaired) electrons. The van der Waals surface area contributed by atoms with E-state index in [-0.39, 0.29) is 18.2 Å². The van der Waals surface area contributed by atoms with Gasteiger partial charge in [-0.3, -0.25) is 9.59 Å². The largest absolute Gasteiger partial charge is 0.468 e. The molecular formula is C17H20ClNO4. The van der Waals surface area contributed by atoms with E-state index < -0.39 is 23.2 Å². The third kappa shape index (κ3) is 2.83. The van der Waals surface area contributed by atoms with Crippen LogP contribution in [0.25, 0.3) is 0 Å². The molecule has 1 aromatic rings. The maximum Gasteiger partial charge on any atom is 0.318 e. The summed E-state index contributed by atoms with van der Waals surface area (Å²) in [4.78, 5) is 24.1. The van der Waals surface area contributed by atoms with E-state index in [0.717, 1.165) is 12.0 Å². The molecule has 1 spiro atoms. The summed E-state index contributed by atoms with van der Waals surface area (Å²) in [5.41, 5.74) is -0.249. The number of benzene rings is 1. The van der Waals surface area contributed by atoms with Crippen LogP contribution in [0.4, 0.5) is 0 Å². The number of carbonyl (C=O) groups excluding carboxylic acids is 2. The highest BCUT2D eigenvalue weighted by Crippen LogP contribution is 2.51. The monoisotopic (exact) mass is 337 g/mol. The molecule has 124 valence electrons. The predicted molar refractivity (Wildman–Crippen MR) is 85.0 cm³/mol. The van der Waals surface area contributed by atoms with Gasteiger partial charge in [0.15, 0.2) is 0 Å². The van der Waals surface area contributed by atoms with Gasteiger partial charge < -0.3 is 14.8 Å². The minimum atomic E-state index is -0.882. The number of nitrogens with one attached hydrogen (secondary N) is 1. The molecule has 3 atom stereocenters. The molecule has 5 nitrogen and oxygen atoms in total. The lowest BCUT2D eigenvalue weighted by Crippen LogP contribution is -2.46. The van der Waals surface area contributed by atoms with Crippen LogP contribution >= 0.6 is 11.6 Å². The molecule has 2 fully saturated rings.